The van der Waals surface area contributed by atoms with Gasteiger partial charge >= 0.3 is 0 Å². The standard InChI is InChI=1S/C20H15N5O3S/c1-13-17-11-18(29-20(17)24(23-13)15-5-3-2-4-6-15)19(26)22-21-12-14-7-9-16(10-8-14)25(27)28/h2-12H,1H3,(H,22,26)/b21-12-. The van der Waals surface area contributed by atoms with Crippen molar-refractivity contribution < 1.29 is 9.72 Å². The highest BCUT2D eigenvalue weighted by Gasteiger charge is 2.16. The van der Waals surface area contributed by atoms with E-state index in [0.717, 1.165) is 21.6 Å². The van der Waals surface area contributed by atoms with Gasteiger partial charge in [-0.1, -0.05) is 18.2 Å². The Bertz CT molecular complexity index is 1230. The molecule has 8 nitrogen and oxygen atoms in total. The third-order valence-electron chi connectivity index (χ3n) is 4.25. The van der Waals surface area contributed by atoms with Gasteiger partial charge in [0.05, 0.1) is 27.4 Å². The van der Waals surface area contributed by atoms with Crippen LogP contribution in [0.2, 0.25) is 0 Å². The molecule has 0 aliphatic rings. The zero-order valence-corrected chi connectivity index (χ0v) is 16.1. The molecule has 29 heavy (non-hydrogen) atoms. The summed E-state index contributed by atoms with van der Waals surface area (Å²) in [5.74, 6) is -0.330. The summed E-state index contributed by atoms with van der Waals surface area (Å²) in [6.45, 7) is 1.91. The third-order valence-corrected chi connectivity index (χ3v) is 5.36. The van der Waals surface area contributed by atoms with Crippen molar-refractivity contribution in [1.82, 2.24) is 15.2 Å². The number of fused-ring (bicyclic) bond motifs is 1. The van der Waals surface area contributed by atoms with Gasteiger partial charge in [-0.15, -0.1) is 11.3 Å². The summed E-state index contributed by atoms with van der Waals surface area (Å²) in [6, 6.07) is 17.4. The van der Waals surface area contributed by atoms with Gasteiger partial charge in [0.25, 0.3) is 11.6 Å². The molecule has 2 heterocycles. The number of nitrogens with zero attached hydrogens (tertiary/aromatic N) is 4. The Hall–Kier alpha value is -3.85. The van der Waals surface area contributed by atoms with Crippen molar-refractivity contribution in [3.63, 3.8) is 0 Å². The third kappa shape index (κ3) is 3.76. The molecule has 0 spiro atoms. The highest BCUT2D eigenvalue weighted by molar-refractivity contribution is 7.20. The summed E-state index contributed by atoms with van der Waals surface area (Å²) in [4.78, 5) is 24.1. The van der Waals surface area contributed by atoms with Gasteiger partial charge in [0.15, 0.2) is 0 Å². The number of hydrogen-bond acceptors (Lipinski definition) is 6. The van der Waals surface area contributed by atoms with E-state index in [1.165, 1.54) is 29.7 Å². The van der Waals surface area contributed by atoms with Crippen LogP contribution in [0.1, 0.15) is 20.9 Å². The molecule has 2 aromatic heterocycles. The Morgan fingerprint density at radius 2 is 1.93 bits per heavy atom. The number of hydrogen-bond donors (Lipinski definition) is 1. The number of nitro benzene ring substituents is 1. The molecule has 4 rings (SSSR count). The Kier molecular flexibility index (Phi) is 4.88. The molecule has 0 unspecified atom stereocenters. The van der Waals surface area contributed by atoms with Crippen LogP contribution in [0, 0.1) is 17.0 Å². The van der Waals surface area contributed by atoms with Crippen LogP contribution in [0.3, 0.4) is 0 Å². The molecule has 144 valence electrons. The first-order valence-electron chi connectivity index (χ1n) is 8.65. The normalized spacial score (nSPS) is 11.2. The van der Waals surface area contributed by atoms with Gasteiger partial charge in [-0.25, -0.2) is 10.1 Å². The Morgan fingerprint density at radius 1 is 1.21 bits per heavy atom. The number of benzene rings is 2. The average Bonchev–Trinajstić information content (AvgIpc) is 3.30. The van der Waals surface area contributed by atoms with Crippen molar-refractivity contribution in [2.45, 2.75) is 6.92 Å². The summed E-state index contributed by atoms with van der Waals surface area (Å²) in [5.41, 5.74) is 4.90. The number of hydrazone groups is 1. The number of thiophene rings is 1. The van der Waals surface area contributed by atoms with Gasteiger partial charge in [0.1, 0.15) is 4.83 Å². The minimum atomic E-state index is -0.470. The van der Waals surface area contributed by atoms with Crippen molar-refractivity contribution in [3.05, 3.63) is 86.9 Å². The fourth-order valence-corrected chi connectivity index (χ4v) is 3.88. The molecule has 0 saturated carbocycles. The first kappa shape index (κ1) is 18.5. The summed E-state index contributed by atoms with van der Waals surface area (Å²) < 4.78 is 1.83. The molecular formula is C20H15N5O3S. The van der Waals surface area contributed by atoms with Gasteiger partial charge < -0.3 is 0 Å². The molecule has 0 bridgehead atoms. The number of nitrogens with one attached hydrogen (secondary N) is 1. The lowest BCUT2D eigenvalue weighted by Gasteiger charge is -2.01. The second kappa shape index (κ2) is 7.64. The Balaban J connectivity index is 1.52. The van der Waals surface area contributed by atoms with Gasteiger partial charge in [-0.3, -0.25) is 14.9 Å². The largest absolute Gasteiger partial charge is 0.281 e. The monoisotopic (exact) mass is 405 g/mol. The number of carbonyl (C=O) groups excluding carboxylic acids is 1. The fraction of sp³-hybridized carbons (Fsp3) is 0.0500. The zero-order valence-electron chi connectivity index (χ0n) is 15.3. The molecule has 0 fully saturated rings. The molecule has 0 saturated heterocycles. The summed E-state index contributed by atoms with van der Waals surface area (Å²) in [5, 5.41) is 20.1. The average molecular weight is 405 g/mol. The topological polar surface area (TPSA) is 102 Å². The van der Waals surface area contributed by atoms with Crippen LogP contribution >= 0.6 is 11.3 Å². The van der Waals surface area contributed by atoms with Crippen molar-refractivity contribution in [3.8, 4) is 5.69 Å². The van der Waals surface area contributed by atoms with Gasteiger partial charge in [0, 0.05) is 17.5 Å². The number of aromatic nitrogens is 2. The zero-order chi connectivity index (χ0) is 20.4. The minimum absolute atomic E-state index is 0.000657. The van der Waals surface area contributed by atoms with Crippen LogP contribution in [0.25, 0.3) is 15.9 Å². The number of para-hydroxylation sites is 1. The molecule has 0 aliphatic carbocycles. The first-order chi connectivity index (χ1) is 14.0. The number of carbonyl (C=O) groups is 1. The maximum atomic E-state index is 12.5. The van der Waals surface area contributed by atoms with Crippen LogP contribution in [0.15, 0.2) is 65.8 Å². The quantitative estimate of drug-likeness (QED) is 0.307. The SMILES string of the molecule is Cc1nn(-c2ccccc2)c2sc(C(=O)N/N=C\c3ccc([N+](=O)[O-])cc3)cc12. The van der Waals surface area contributed by atoms with E-state index in [1.54, 1.807) is 18.2 Å². The summed E-state index contributed by atoms with van der Waals surface area (Å²) >= 11 is 1.34. The minimum Gasteiger partial charge on any atom is -0.266 e. The highest BCUT2D eigenvalue weighted by Crippen LogP contribution is 2.30. The van der Waals surface area contributed by atoms with E-state index in [9.17, 15) is 14.9 Å². The first-order valence-corrected chi connectivity index (χ1v) is 9.47. The van der Waals surface area contributed by atoms with E-state index in [-0.39, 0.29) is 11.6 Å². The van der Waals surface area contributed by atoms with Crippen LogP contribution in [0.5, 0.6) is 0 Å². The lowest BCUT2D eigenvalue weighted by molar-refractivity contribution is -0.384. The van der Waals surface area contributed by atoms with E-state index < -0.39 is 4.92 Å². The lowest BCUT2D eigenvalue weighted by atomic mass is 10.2. The highest BCUT2D eigenvalue weighted by atomic mass is 32.1. The smallest absolute Gasteiger partial charge is 0.266 e. The van der Waals surface area contributed by atoms with Crippen LogP contribution < -0.4 is 5.43 Å². The number of non-ortho nitro benzene ring substituents is 1. The number of amides is 1. The maximum absolute atomic E-state index is 12.5. The predicted octanol–water partition coefficient (Wildman–Crippen LogP) is 4.07. The van der Waals surface area contributed by atoms with Crippen molar-refractivity contribution in [2.75, 3.05) is 0 Å². The molecule has 1 N–H and O–H groups in total. The predicted molar refractivity (Wildman–Crippen MR) is 112 cm³/mol. The molecule has 0 radical (unpaired) electrons. The van der Waals surface area contributed by atoms with Crippen molar-refractivity contribution in [2.24, 2.45) is 5.10 Å². The van der Waals surface area contributed by atoms with Gasteiger partial charge in [-0.2, -0.15) is 10.2 Å². The lowest BCUT2D eigenvalue weighted by Crippen LogP contribution is -2.16. The van der Waals surface area contributed by atoms with Crippen LogP contribution in [-0.4, -0.2) is 26.8 Å². The Morgan fingerprint density at radius 3 is 2.62 bits per heavy atom. The summed E-state index contributed by atoms with van der Waals surface area (Å²) in [6.07, 6.45) is 1.44. The van der Waals surface area contributed by atoms with Crippen LogP contribution in [-0.2, 0) is 0 Å². The van der Waals surface area contributed by atoms with E-state index in [0.29, 0.717) is 10.4 Å². The molecule has 4 aromatic rings. The molecule has 0 aliphatic heterocycles. The maximum Gasteiger partial charge on any atom is 0.281 e. The van der Waals surface area contributed by atoms with Gasteiger partial charge in [0.2, 0.25) is 0 Å². The second-order valence-corrected chi connectivity index (χ2v) is 7.24. The van der Waals surface area contributed by atoms with Crippen molar-refractivity contribution in [1.29, 1.82) is 0 Å². The Labute approximate surface area is 169 Å². The van der Waals surface area contributed by atoms with E-state index >= 15 is 0 Å². The molecule has 2 aromatic carbocycles. The van der Waals surface area contributed by atoms with E-state index in [2.05, 4.69) is 15.6 Å². The van der Waals surface area contributed by atoms with Gasteiger partial charge in [-0.05, 0) is 42.8 Å². The van der Waals surface area contributed by atoms with Crippen molar-refractivity contribution >= 4 is 39.4 Å². The van der Waals surface area contributed by atoms with E-state index in [4.69, 9.17) is 0 Å². The molecular weight excluding hydrogens is 390 g/mol. The number of aryl methyl sites for hydroxylation is 1. The second-order valence-electron chi connectivity index (χ2n) is 6.21. The fourth-order valence-electron chi connectivity index (χ4n) is 2.81. The molecule has 0 atom stereocenters. The number of nitro groups is 1. The molecule has 9 heteroatoms. The summed E-state index contributed by atoms with van der Waals surface area (Å²) in [7, 11) is 0. The van der Waals surface area contributed by atoms with E-state index in [1.807, 2.05) is 41.9 Å². The van der Waals surface area contributed by atoms with Crippen LogP contribution in [0.4, 0.5) is 5.69 Å². The molecule has 1 amide bonds. The number of rotatable bonds is 5.